The van der Waals surface area contributed by atoms with Crippen LogP contribution in [0.2, 0.25) is 0 Å². The van der Waals surface area contributed by atoms with Crippen LogP contribution in [-0.2, 0) is 17.0 Å². The van der Waals surface area contributed by atoms with E-state index in [1.165, 1.54) is 0 Å². The van der Waals surface area contributed by atoms with Crippen LogP contribution >= 0.6 is 0 Å². The molecule has 4 rings (SSSR count). The molecule has 0 aromatic heterocycles. The highest BCUT2D eigenvalue weighted by Crippen LogP contribution is 2.40. The minimum atomic E-state index is -5.34. The number of alkyl halides is 5. The van der Waals surface area contributed by atoms with Crippen molar-refractivity contribution >= 4 is 0 Å². The second kappa shape index (κ2) is 10.1. The van der Waals surface area contributed by atoms with Crippen LogP contribution in [0.1, 0.15) is 42.6 Å². The minimum Gasteiger partial charge on any atom is -0.429 e. The molecule has 1 saturated heterocycles. The Morgan fingerprint density at radius 3 is 2.00 bits per heavy atom. The first-order valence-corrected chi connectivity index (χ1v) is 11.2. The first-order chi connectivity index (χ1) is 17.7. The van der Waals surface area contributed by atoms with Crippen LogP contribution in [0.3, 0.4) is 0 Å². The van der Waals surface area contributed by atoms with Gasteiger partial charge in [0.15, 0.2) is 11.6 Å². The third-order valence-corrected chi connectivity index (χ3v) is 6.10. The molecular weight excluding hydrogens is 534 g/mol. The summed E-state index contributed by atoms with van der Waals surface area (Å²) in [6.45, 7) is 2.20. The molecule has 1 aliphatic heterocycles. The molecular formula is C26H18F10O2. The summed E-state index contributed by atoms with van der Waals surface area (Å²) >= 11 is 0. The molecule has 0 N–H and O–H groups in total. The standard InChI is InChI=1S/C26H18F10O2/c1-12-2-7-21(37-11-12)16-5-6-17(24(31)23(16)30)26(35,36)38-14-3-4-15(18(27)10-14)13-8-19(28)22(20(29)9-13)25(32,33)34/h3-6,8-10,12,21H,2,7,11H2,1H3. The Morgan fingerprint density at radius 1 is 0.789 bits per heavy atom. The van der Waals surface area contributed by atoms with Gasteiger partial charge in [-0.3, -0.25) is 0 Å². The average Bonchev–Trinajstić information content (AvgIpc) is 2.79. The molecule has 12 heteroatoms. The van der Waals surface area contributed by atoms with Gasteiger partial charge in [-0.25, -0.2) is 22.0 Å². The largest absolute Gasteiger partial charge is 0.429 e. The van der Waals surface area contributed by atoms with Gasteiger partial charge in [0, 0.05) is 23.8 Å². The van der Waals surface area contributed by atoms with Crippen LogP contribution < -0.4 is 4.74 Å². The summed E-state index contributed by atoms with van der Waals surface area (Å²) in [5.41, 5.74) is -5.16. The number of hydrogen-bond acceptors (Lipinski definition) is 2. The van der Waals surface area contributed by atoms with E-state index in [1.807, 2.05) is 6.92 Å². The fourth-order valence-corrected chi connectivity index (χ4v) is 4.16. The van der Waals surface area contributed by atoms with Crippen molar-refractivity contribution in [3.05, 3.63) is 88.2 Å². The summed E-state index contributed by atoms with van der Waals surface area (Å²) < 4.78 is 149. The number of hydrogen-bond donors (Lipinski definition) is 0. The summed E-state index contributed by atoms with van der Waals surface area (Å²) in [7, 11) is 0. The molecule has 0 saturated carbocycles. The smallest absolute Gasteiger partial charge is 0.429 e. The normalized spacial score (nSPS) is 18.5. The molecule has 2 atom stereocenters. The summed E-state index contributed by atoms with van der Waals surface area (Å²) in [6.07, 6.45) is -9.61. The lowest BCUT2D eigenvalue weighted by molar-refractivity contribution is -0.187. The Labute approximate surface area is 209 Å². The van der Waals surface area contributed by atoms with E-state index < -0.39 is 75.5 Å². The number of rotatable bonds is 5. The van der Waals surface area contributed by atoms with Gasteiger partial charge in [0.25, 0.3) is 0 Å². The van der Waals surface area contributed by atoms with Crippen molar-refractivity contribution in [1.29, 1.82) is 0 Å². The minimum absolute atomic E-state index is 0.209. The van der Waals surface area contributed by atoms with E-state index in [2.05, 4.69) is 4.74 Å². The zero-order chi connectivity index (χ0) is 28.0. The molecule has 2 unspecified atom stereocenters. The quantitative estimate of drug-likeness (QED) is 0.295. The topological polar surface area (TPSA) is 18.5 Å². The average molecular weight is 552 g/mol. The SMILES string of the molecule is CC1CCC(c2ccc(C(F)(F)Oc3ccc(-c4cc(F)c(C(F)(F)F)c(F)c4)c(F)c3)c(F)c2F)OC1. The molecule has 2 nitrogen and oxygen atoms in total. The maximum Gasteiger partial charge on any atom is 0.429 e. The van der Waals surface area contributed by atoms with E-state index >= 15 is 0 Å². The van der Waals surface area contributed by atoms with Crippen LogP contribution in [0.25, 0.3) is 11.1 Å². The Kier molecular flexibility index (Phi) is 7.39. The van der Waals surface area contributed by atoms with Crippen molar-refractivity contribution in [2.24, 2.45) is 5.92 Å². The van der Waals surface area contributed by atoms with Crippen LogP contribution in [0.15, 0.2) is 42.5 Å². The lowest BCUT2D eigenvalue weighted by atomic mass is 9.94. The van der Waals surface area contributed by atoms with E-state index in [1.54, 1.807) is 0 Å². The predicted octanol–water partition coefficient (Wildman–Crippen LogP) is 8.68. The van der Waals surface area contributed by atoms with E-state index in [-0.39, 0.29) is 23.6 Å². The Morgan fingerprint density at radius 2 is 1.45 bits per heavy atom. The second-order valence-electron chi connectivity index (χ2n) is 8.91. The number of halogens is 10. The van der Waals surface area contributed by atoms with Crippen molar-refractivity contribution in [3.63, 3.8) is 0 Å². The third kappa shape index (κ3) is 5.45. The molecule has 3 aromatic carbocycles. The Balaban J connectivity index is 1.59. The summed E-state index contributed by atoms with van der Waals surface area (Å²) in [4.78, 5) is 0. The van der Waals surface area contributed by atoms with Gasteiger partial charge in [0.1, 0.15) is 34.3 Å². The van der Waals surface area contributed by atoms with Crippen molar-refractivity contribution in [3.8, 4) is 16.9 Å². The zero-order valence-electron chi connectivity index (χ0n) is 19.4. The molecule has 1 aliphatic rings. The van der Waals surface area contributed by atoms with Gasteiger partial charge in [-0.05, 0) is 54.7 Å². The van der Waals surface area contributed by atoms with E-state index in [9.17, 15) is 43.9 Å². The fourth-order valence-electron chi connectivity index (χ4n) is 4.16. The van der Waals surface area contributed by atoms with Crippen LogP contribution in [0.5, 0.6) is 5.75 Å². The van der Waals surface area contributed by atoms with Crippen molar-refractivity contribution in [1.82, 2.24) is 0 Å². The first kappa shape index (κ1) is 27.7. The van der Waals surface area contributed by atoms with Gasteiger partial charge in [-0.15, -0.1) is 0 Å². The predicted molar refractivity (Wildman–Crippen MR) is 115 cm³/mol. The second-order valence-corrected chi connectivity index (χ2v) is 8.91. The molecule has 38 heavy (non-hydrogen) atoms. The van der Waals surface area contributed by atoms with Gasteiger partial charge < -0.3 is 9.47 Å². The van der Waals surface area contributed by atoms with Gasteiger partial charge in [0.05, 0.1) is 6.10 Å². The summed E-state index contributed by atoms with van der Waals surface area (Å²) in [6, 6.07) is 3.84. The fraction of sp³-hybridized carbons (Fsp3) is 0.308. The number of benzene rings is 3. The Bertz CT molecular complexity index is 1320. The van der Waals surface area contributed by atoms with Gasteiger partial charge in [0.2, 0.25) is 0 Å². The zero-order valence-corrected chi connectivity index (χ0v) is 19.4. The van der Waals surface area contributed by atoms with Crippen LogP contribution in [-0.4, -0.2) is 6.61 Å². The molecule has 1 fully saturated rings. The molecule has 0 amide bonds. The van der Waals surface area contributed by atoms with Crippen LogP contribution in [0.4, 0.5) is 43.9 Å². The molecule has 0 bridgehead atoms. The monoisotopic (exact) mass is 552 g/mol. The lowest BCUT2D eigenvalue weighted by Gasteiger charge is -2.28. The highest BCUT2D eigenvalue weighted by Gasteiger charge is 2.41. The molecule has 0 aliphatic carbocycles. The van der Waals surface area contributed by atoms with Gasteiger partial charge in [-0.1, -0.05) is 13.0 Å². The third-order valence-electron chi connectivity index (χ3n) is 6.10. The summed E-state index contributed by atoms with van der Waals surface area (Å²) in [5, 5.41) is 0. The van der Waals surface area contributed by atoms with Crippen molar-refractivity contribution < 1.29 is 53.4 Å². The number of ether oxygens (including phenoxy) is 2. The van der Waals surface area contributed by atoms with E-state index in [4.69, 9.17) is 4.74 Å². The van der Waals surface area contributed by atoms with Crippen molar-refractivity contribution in [2.75, 3.05) is 6.61 Å². The maximum absolute atomic E-state index is 14.7. The Hall–Kier alpha value is -3.28. The van der Waals surface area contributed by atoms with E-state index in [0.29, 0.717) is 31.6 Å². The summed E-state index contributed by atoms with van der Waals surface area (Å²) in [5.74, 6) is -9.50. The lowest BCUT2D eigenvalue weighted by Crippen LogP contribution is -2.25. The molecule has 0 spiro atoms. The molecule has 0 radical (unpaired) electrons. The van der Waals surface area contributed by atoms with Crippen LogP contribution in [0, 0.1) is 35.0 Å². The highest BCUT2D eigenvalue weighted by molar-refractivity contribution is 5.66. The molecule has 204 valence electrons. The molecule has 1 heterocycles. The highest BCUT2D eigenvalue weighted by atomic mass is 19.4. The molecule has 3 aromatic rings. The van der Waals surface area contributed by atoms with E-state index in [0.717, 1.165) is 18.2 Å². The first-order valence-electron chi connectivity index (χ1n) is 11.2. The van der Waals surface area contributed by atoms with Gasteiger partial charge >= 0.3 is 12.3 Å². The maximum atomic E-state index is 14.7. The van der Waals surface area contributed by atoms with Gasteiger partial charge in [-0.2, -0.15) is 22.0 Å². The van der Waals surface area contributed by atoms with Crippen molar-refractivity contribution in [2.45, 2.75) is 38.2 Å².